The van der Waals surface area contributed by atoms with Crippen LogP contribution < -0.4 is 0 Å². The molecule has 0 atom stereocenters. The monoisotopic (exact) mass is 325 g/mol. The van der Waals surface area contributed by atoms with E-state index in [4.69, 9.17) is 11.6 Å². The van der Waals surface area contributed by atoms with E-state index in [-0.39, 0.29) is 0 Å². The number of nitrogens with zero attached hydrogens (tertiary/aromatic N) is 3. The summed E-state index contributed by atoms with van der Waals surface area (Å²) in [6.07, 6.45) is 0. The van der Waals surface area contributed by atoms with E-state index >= 15 is 0 Å². The molecule has 112 valence electrons. The molecule has 1 aromatic carbocycles. The van der Waals surface area contributed by atoms with E-state index in [1.165, 1.54) is 4.31 Å². The summed E-state index contributed by atoms with van der Waals surface area (Å²) in [6, 6.07) is 8.40. The molecule has 3 rings (SSSR count). The highest BCUT2D eigenvalue weighted by molar-refractivity contribution is 7.89. The summed E-state index contributed by atoms with van der Waals surface area (Å²) in [5, 5.41) is 1.17. The number of hydrogen-bond acceptors (Lipinski definition) is 4. The second-order valence-corrected chi connectivity index (χ2v) is 7.52. The number of aromatic nitrogens is 1. The van der Waals surface area contributed by atoms with Crippen molar-refractivity contribution in [2.24, 2.45) is 0 Å². The topological polar surface area (TPSA) is 53.5 Å². The average Bonchev–Trinajstić information content (AvgIpc) is 2.47. The number of halogens is 1. The molecule has 7 heteroatoms. The van der Waals surface area contributed by atoms with Gasteiger partial charge in [0, 0.05) is 31.6 Å². The number of rotatable bonds is 2. The van der Waals surface area contributed by atoms with Crippen molar-refractivity contribution in [3.05, 3.63) is 35.5 Å². The van der Waals surface area contributed by atoms with E-state index in [1.54, 1.807) is 30.3 Å². The van der Waals surface area contributed by atoms with Crippen LogP contribution >= 0.6 is 11.6 Å². The first-order chi connectivity index (χ1) is 9.96. The maximum absolute atomic E-state index is 12.7. The van der Waals surface area contributed by atoms with Crippen molar-refractivity contribution in [1.82, 2.24) is 14.2 Å². The fourth-order valence-electron chi connectivity index (χ4n) is 2.42. The third kappa shape index (κ3) is 2.89. The summed E-state index contributed by atoms with van der Waals surface area (Å²) in [5.74, 6) is 0. The standard InChI is InChI=1S/C14H16ClN3O2S/c1-17-6-8-18(9-7-17)21(19,20)12-3-4-13-11(10-12)2-5-14(15)16-13/h2-5,10H,6-9H2,1H3. The highest BCUT2D eigenvalue weighted by Crippen LogP contribution is 2.23. The van der Waals surface area contributed by atoms with Gasteiger partial charge in [0.15, 0.2) is 0 Å². The number of hydrogen-bond donors (Lipinski definition) is 0. The number of piperazine rings is 1. The van der Waals surface area contributed by atoms with Crippen molar-refractivity contribution in [2.75, 3.05) is 33.2 Å². The molecule has 0 radical (unpaired) electrons. The Morgan fingerprint density at radius 1 is 1.10 bits per heavy atom. The lowest BCUT2D eigenvalue weighted by Crippen LogP contribution is -2.46. The highest BCUT2D eigenvalue weighted by atomic mass is 35.5. The van der Waals surface area contributed by atoms with E-state index in [0.717, 1.165) is 18.5 Å². The molecule has 0 unspecified atom stereocenters. The maximum atomic E-state index is 12.7. The first-order valence-corrected chi connectivity index (χ1v) is 8.54. The summed E-state index contributed by atoms with van der Waals surface area (Å²) in [5.41, 5.74) is 0.694. The van der Waals surface area contributed by atoms with Crippen molar-refractivity contribution in [2.45, 2.75) is 4.90 Å². The molecule has 1 aliphatic heterocycles. The second kappa shape index (κ2) is 5.53. The molecule has 1 fully saturated rings. The van der Waals surface area contributed by atoms with Crippen LogP contribution in [0.4, 0.5) is 0 Å². The van der Waals surface area contributed by atoms with Crippen LogP contribution in [0.2, 0.25) is 5.15 Å². The molecule has 5 nitrogen and oxygen atoms in total. The molecule has 1 aliphatic rings. The zero-order valence-corrected chi connectivity index (χ0v) is 13.2. The van der Waals surface area contributed by atoms with E-state index in [9.17, 15) is 8.42 Å². The fraction of sp³-hybridized carbons (Fsp3) is 0.357. The van der Waals surface area contributed by atoms with E-state index in [0.29, 0.717) is 28.7 Å². The highest BCUT2D eigenvalue weighted by Gasteiger charge is 2.27. The lowest BCUT2D eigenvalue weighted by Gasteiger charge is -2.31. The normalized spacial score (nSPS) is 18.2. The molecule has 0 aliphatic carbocycles. The molecule has 0 amide bonds. The number of benzene rings is 1. The summed E-state index contributed by atoms with van der Waals surface area (Å²) in [7, 11) is -1.45. The van der Waals surface area contributed by atoms with Gasteiger partial charge >= 0.3 is 0 Å². The zero-order valence-electron chi connectivity index (χ0n) is 11.7. The van der Waals surface area contributed by atoms with Crippen molar-refractivity contribution >= 4 is 32.5 Å². The quantitative estimate of drug-likeness (QED) is 0.790. The zero-order chi connectivity index (χ0) is 15.0. The predicted octanol–water partition coefficient (Wildman–Crippen LogP) is 1.82. The summed E-state index contributed by atoms with van der Waals surface area (Å²) >= 11 is 5.84. The van der Waals surface area contributed by atoms with Crippen LogP contribution in [0.15, 0.2) is 35.2 Å². The molecule has 0 spiro atoms. The lowest BCUT2D eigenvalue weighted by atomic mass is 10.2. The number of fused-ring (bicyclic) bond motifs is 1. The van der Waals surface area contributed by atoms with Crippen LogP contribution in [-0.2, 0) is 10.0 Å². The van der Waals surface area contributed by atoms with Gasteiger partial charge in [0.05, 0.1) is 10.4 Å². The minimum atomic E-state index is -3.44. The van der Waals surface area contributed by atoms with Crippen LogP contribution in [0.25, 0.3) is 10.9 Å². The molecular formula is C14H16ClN3O2S. The Morgan fingerprint density at radius 3 is 2.52 bits per heavy atom. The molecule has 2 aromatic rings. The number of sulfonamides is 1. The predicted molar refractivity (Wildman–Crippen MR) is 83.0 cm³/mol. The third-order valence-electron chi connectivity index (χ3n) is 3.73. The largest absolute Gasteiger partial charge is 0.304 e. The van der Waals surface area contributed by atoms with Gasteiger partial charge in [0.2, 0.25) is 10.0 Å². The van der Waals surface area contributed by atoms with Gasteiger partial charge in [0.25, 0.3) is 0 Å². The lowest BCUT2D eigenvalue weighted by molar-refractivity contribution is 0.222. The van der Waals surface area contributed by atoms with Crippen molar-refractivity contribution in [1.29, 1.82) is 0 Å². The van der Waals surface area contributed by atoms with Crippen LogP contribution in [0, 0.1) is 0 Å². The molecule has 1 saturated heterocycles. The fourth-order valence-corrected chi connectivity index (χ4v) is 4.03. The Bertz CT molecular complexity index is 771. The van der Waals surface area contributed by atoms with Crippen molar-refractivity contribution in [3.8, 4) is 0 Å². The maximum Gasteiger partial charge on any atom is 0.243 e. The van der Waals surface area contributed by atoms with Gasteiger partial charge in [-0.3, -0.25) is 0 Å². The first kappa shape index (κ1) is 14.7. The Hall–Kier alpha value is -1.21. The molecule has 21 heavy (non-hydrogen) atoms. The molecule has 2 heterocycles. The molecular weight excluding hydrogens is 310 g/mol. The van der Waals surface area contributed by atoms with Crippen LogP contribution in [-0.4, -0.2) is 55.8 Å². The smallest absolute Gasteiger partial charge is 0.243 e. The van der Waals surface area contributed by atoms with Gasteiger partial charge in [-0.25, -0.2) is 13.4 Å². The first-order valence-electron chi connectivity index (χ1n) is 6.72. The average molecular weight is 326 g/mol. The van der Waals surface area contributed by atoms with Gasteiger partial charge in [-0.15, -0.1) is 0 Å². The minimum Gasteiger partial charge on any atom is -0.304 e. The second-order valence-electron chi connectivity index (χ2n) is 5.20. The molecule has 1 aromatic heterocycles. The van der Waals surface area contributed by atoms with Crippen molar-refractivity contribution < 1.29 is 8.42 Å². The third-order valence-corrected chi connectivity index (χ3v) is 5.83. The molecule has 0 N–H and O–H groups in total. The van der Waals surface area contributed by atoms with Gasteiger partial charge in [-0.2, -0.15) is 4.31 Å². The van der Waals surface area contributed by atoms with Gasteiger partial charge in [0.1, 0.15) is 5.15 Å². The van der Waals surface area contributed by atoms with E-state index < -0.39 is 10.0 Å². The summed E-state index contributed by atoms with van der Waals surface area (Å²) < 4.78 is 26.9. The summed E-state index contributed by atoms with van der Waals surface area (Å²) in [6.45, 7) is 2.55. The van der Waals surface area contributed by atoms with Crippen molar-refractivity contribution in [3.63, 3.8) is 0 Å². The van der Waals surface area contributed by atoms with Crippen LogP contribution in [0.3, 0.4) is 0 Å². The molecule has 0 bridgehead atoms. The Kier molecular flexibility index (Phi) is 3.88. The van der Waals surface area contributed by atoms with E-state index in [2.05, 4.69) is 9.88 Å². The van der Waals surface area contributed by atoms with Gasteiger partial charge in [-0.1, -0.05) is 11.6 Å². The Labute approximate surface area is 129 Å². The Balaban J connectivity index is 1.97. The number of pyridine rings is 1. The van der Waals surface area contributed by atoms with Crippen LogP contribution in [0.1, 0.15) is 0 Å². The minimum absolute atomic E-state index is 0.309. The molecule has 0 saturated carbocycles. The van der Waals surface area contributed by atoms with E-state index in [1.807, 2.05) is 7.05 Å². The Morgan fingerprint density at radius 2 is 1.81 bits per heavy atom. The number of likely N-dealkylation sites (N-methyl/N-ethyl adjacent to an activating group) is 1. The van der Waals surface area contributed by atoms with Gasteiger partial charge < -0.3 is 4.90 Å². The summed E-state index contributed by atoms with van der Waals surface area (Å²) in [4.78, 5) is 6.60. The van der Waals surface area contributed by atoms with Crippen LogP contribution in [0.5, 0.6) is 0 Å². The SMILES string of the molecule is CN1CCN(S(=O)(=O)c2ccc3nc(Cl)ccc3c2)CC1. The van der Waals surface area contributed by atoms with Gasteiger partial charge in [-0.05, 0) is 37.4 Å².